The van der Waals surface area contributed by atoms with Crippen LogP contribution in [0.2, 0.25) is 10.0 Å². The third kappa shape index (κ3) is 7.69. The quantitative estimate of drug-likeness (QED) is 0.198. The van der Waals surface area contributed by atoms with Crippen molar-refractivity contribution in [3.63, 3.8) is 0 Å². The number of halogens is 4. The molecule has 3 aromatic rings. The van der Waals surface area contributed by atoms with E-state index in [0.717, 1.165) is 19.3 Å². The number of hydrogen-bond donors (Lipinski definition) is 0. The molecule has 42 heavy (non-hydrogen) atoms. The van der Waals surface area contributed by atoms with Gasteiger partial charge in [0.25, 0.3) is 5.91 Å². The third-order valence-electron chi connectivity index (χ3n) is 7.40. The van der Waals surface area contributed by atoms with Crippen molar-refractivity contribution in [3.8, 4) is 11.5 Å². The highest BCUT2D eigenvalue weighted by atomic mass is 35.5. The van der Waals surface area contributed by atoms with Crippen LogP contribution in [0.5, 0.6) is 11.5 Å². The van der Waals surface area contributed by atoms with Gasteiger partial charge in [0, 0.05) is 37.0 Å². The van der Waals surface area contributed by atoms with Gasteiger partial charge in [-0.1, -0.05) is 47.5 Å². The Balaban J connectivity index is 1.38. The molecule has 222 valence electrons. The number of aromatic nitrogens is 1. The van der Waals surface area contributed by atoms with E-state index in [2.05, 4.69) is 9.72 Å². The van der Waals surface area contributed by atoms with E-state index in [1.165, 1.54) is 18.5 Å². The SMILES string of the molecule is O=C(CC1CCCN1C(=O)c1ccccc1)O[C@@H](Cc1c(Cl)cncc1Cl)c1ccc(OC(F)F)c(OCC2CC2)c1. The Morgan fingerprint density at radius 2 is 1.74 bits per heavy atom. The molecule has 1 amide bonds. The Bertz CT molecular complexity index is 1390. The summed E-state index contributed by atoms with van der Waals surface area (Å²) in [6.45, 7) is -2.12. The smallest absolute Gasteiger partial charge is 0.387 e. The number of ether oxygens (including phenoxy) is 3. The monoisotopic (exact) mass is 618 g/mol. The maximum atomic E-state index is 13.4. The fraction of sp³-hybridized carbons (Fsp3) is 0.387. The molecule has 0 bridgehead atoms. The van der Waals surface area contributed by atoms with Crippen LogP contribution in [-0.4, -0.2) is 47.6 Å². The molecule has 1 aliphatic heterocycles. The molecule has 2 atom stereocenters. The molecule has 0 spiro atoms. The van der Waals surface area contributed by atoms with Gasteiger partial charge in [-0.15, -0.1) is 0 Å². The zero-order valence-corrected chi connectivity index (χ0v) is 24.2. The van der Waals surface area contributed by atoms with E-state index in [-0.39, 0.29) is 36.3 Å². The van der Waals surface area contributed by atoms with Crippen molar-refractivity contribution in [2.24, 2.45) is 5.92 Å². The number of amides is 1. The van der Waals surface area contributed by atoms with Crippen LogP contribution in [0.3, 0.4) is 0 Å². The highest BCUT2D eigenvalue weighted by Gasteiger charge is 2.33. The van der Waals surface area contributed by atoms with Gasteiger partial charge in [0.05, 0.1) is 23.1 Å². The molecule has 2 aromatic carbocycles. The first-order chi connectivity index (χ1) is 20.3. The number of benzene rings is 2. The fourth-order valence-corrected chi connectivity index (χ4v) is 5.55. The summed E-state index contributed by atoms with van der Waals surface area (Å²) >= 11 is 12.8. The maximum absolute atomic E-state index is 13.4. The van der Waals surface area contributed by atoms with Crippen molar-refractivity contribution in [1.82, 2.24) is 9.88 Å². The van der Waals surface area contributed by atoms with E-state index in [4.69, 9.17) is 32.7 Å². The molecule has 5 rings (SSSR count). The van der Waals surface area contributed by atoms with Gasteiger partial charge in [-0.2, -0.15) is 8.78 Å². The molecule has 2 heterocycles. The lowest BCUT2D eigenvalue weighted by Gasteiger charge is -2.26. The van der Waals surface area contributed by atoms with E-state index >= 15 is 0 Å². The van der Waals surface area contributed by atoms with Crippen molar-refractivity contribution in [3.05, 3.63) is 87.7 Å². The molecule has 0 radical (unpaired) electrons. The highest BCUT2D eigenvalue weighted by Crippen LogP contribution is 2.38. The largest absolute Gasteiger partial charge is 0.489 e. The first-order valence-electron chi connectivity index (χ1n) is 13.8. The molecule has 1 unspecified atom stereocenters. The minimum Gasteiger partial charge on any atom is -0.489 e. The zero-order valence-electron chi connectivity index (χ0n) is 22.7. The molecule has 1 aliphatic carbocycles. The van der Waals surface area contributed by atoms with E-state index in [9.17, 15) is 18.4 Å². The zero-order chi connectivity index (χ0) is 29.6. The predicted octanol–water partition coefficient (Wildman–Crippen LogP) is 7.30. The van der Waals surface area contributed by atoms with E-state index in [0.29, 0.717) is 52.2 Å². The van der Waals surface area contributed by atoms with Crippen molar-refractivity contribution < 1.29 is 32.6 Å². The predicted molar refractivity (Wildman–Crippen MR) is 153 cm³/mol. The molecule has 1 saturated carbocycles. The molecule has 2 aliphatic rings. The Morgan fingerprint density at radius 3 is 2.43 bits per heavy atom. The van der Waals surface area contributed by atoms with Crippen molar-refractivity contribution in [2.45, 2.75) is 57.3 Å². The second-order valence-corrected chi connectivity index (χ2v) is 11.3. The summed E-state index contributed by atoms with van der Waals surface area (Å²) in [6, 6.07) is 13.1. The standard InChI is InChI=1S/C31H30Cl2F2N2O5/c32-24-16-36-17-25(33)23(24)15-27(21-10-11-26(42-31(34)35)28(13-21)40-18-19-8-9-19)41-29(38)14-22-7-4-12-37(22)30(39)20-5-2-1-3-6-20/h1-3,5-6,10-11,13,16-17,19,22,27,31H,4,7-9,12,14-15,18H2/t22?,27-/m0/s1. The van der Waals surface area contributed by atoms with Gasteiger partial charge in [-0.3, -0.25) is 14.6 Å². The van der Waals surface area contributed by atoms with Gasteiger partial charge in [0.1, 0.15) is 6.10 Å². The van der Waals surface area contributed by atoms with Gasteiger partial charge in [0.15, 0.2) is 11.5 Å². The topological polar surface area (TPSA) is 78.0 Å². The minimum absolute atomic E-state index is 0.00943. The number of pyridine rings is 1. The molecule has 7 nitrogen and oxygen atoms in total. The van der Waals surface area contributed by atoms with Crippen LogP contribution >= 0.6 is 23.2 Å². The van der Waals surface area contributed by atoms with Crippen LogP contribution in [0, 0.1) is 5.92 Å². The van der Waals surface area contributed by atoms with E-state index in [1.807, 2.05) is 6.07 Å². The Kier molecular flexibility index (Phi) is 9.80. The van der Waals surface area contributed by atoms with E-state index < -0.39 is 18.7 Å². The lowest BCUT2D eigenvalue weighted by atomic mass is 10.0. The van der Waals surface area contributed by atoms with Crippen LogP contribution in [0.4, 0.5) is 8.78 Å². The lowest BCUT2D eigenvalue weighted by Crippen LogP contribution is -2.37. The van der Waals surface area contributed by atoms with Crippen LogP contribution in [0.15, 0.2) is 60.9 Å². The van der Waals surface area contributed by atoms with Gasteiger partial charge < -0.3 is 19.1 Å². The summed E-state index contributed by atoms with van der Waals surface area (Å²) in [5, 5.41) is 0.587. The average molecular weight is 619 g/mol. The summed E-state index contributed by atoms with van der Waals surface area (Å²) in [6.07, 6.45) is 5.54. The van der Waals surface area contributed by atoms with Gasteiger partial charge in [-0.25, -0.2) is 0 Å². The molecule has 11 heteroatoms. The van der Waals surface area contributed by atoms with Crippen molar-refractivity contribution >= 4 is 35.1 Å². The molecule has 1 saturated heterocycles. The van der Waals surface area contributed by atoms with Crippen LogP contribution in [0.25, 0.3) is 0 Å². The van der Waals surface area contributed by atoms with Crippen LogP contribution < -0.4 is 9.47 Å². The fourth-order valence-electron chi connectivity index (χ4n) is 5.03. The minimum atomic E-state index is -3.03. The highest BCUT2D eigenvalue weighted by molar-refractivity contribution is 6.35. The molecule has 1 aromatic heterocycles. The summed E-state index contributed by atoms with van der Waals surface area (Å²) in [5.74, 6) is -0.273. The molecular weight excluding hydrogens is 589 g/mol. The first-order valence-corrected chi connectivity index (χ1v) is 14.6. The summed E-state index contributed by atoms with van der Waals surface area (Å²) in [7, 11) is 0. The number of hydrogen-bond acceptors (Lipinski definition) is 6. The Morgan fingerprint density at radius 1 is 1.00 bits per heavy atom. The van der Waals surface area contributed by atoms with Gasteiger partial charge in [0.2, 0.25) is 0 Å². The normalized spacial score (nSPS) is 17.3. The number of nitrogens with zero attached hydrogens (tertiary/aromatic N) is 2. The van der Waals surface area contributed by atoms with Crippen molar-refractivity contribution in [1.29, 1.82) is 0 Å². The average Bonchev–Trinajstić information content (AvgIpc) is 3.70. The number of carbonyl (C=O) groups is 2. The summed E-state index contributed by atoms with van der Waals surface area (Å²) in [4.78, 5) is 32.2. The number of rotatable bonds is 12. The van der Waals surface area contributed by atoms with E-state index in [1.54, 1.807) is 41.3 Å². The van der Waals surface area contributed by atoms with Gasteiger partial charge in [-0.05, 0) is 67.0 Å². The molecular formula is C31H30Cl2F2N2O5. The summed E-state index contributed by atoms with van der Waals surface area (Å²) < 4.78 is 42.7. The maximum Gasteiger partial charge on any atom is 0.387 e. The second-order valence-electron chi connectivity index (χ2n) is 10.5. The lowest BCUT2D eigenvalue weighted by molar-refractivity contribution is -0.150. The third-order valence-corrected chi connectivity index (χ3v) is 8.06. The number of alkyl halides is 2. The first kappa shape index (κ1) is 30.0. The number of likely N-dealkylation sites (tertiary alicyclic amines) is 1. The van der Waals surface area contributed by atoms with Crippen molar-refractivity contribution in [2.75, 3.05) is 13.2 Å². The van der Waals surface area contributed by atoms with Crippen LogP contribution in [-0.2, 0) is 16.0 Å². The van der Waals surface area contributed by atoms with Gasteiger partial charge >= 0.3 is 12.6 Å². The Hall–Kier alpha value is -3.43. The summed E-state index contributed by atoms with van der Waals surface area (Å²) in [5.41, 5.74) is 1.56. The second kappa shape index (κ2) is 13.7. The molecule has 2 fully saturated rings. The number of esters is 1. The molecule has 0 N–H and O–H groups in total. The van der Waals surface area contributed by atoms with Crippen LogP contribution in [0.1, 0.15) is 59.7 Å². The Labute approximate surface area is 252 Å². The number of carbonyl (C=O) groups excluding carboxylic acids is 2.